The van der Waals surface area contributed by atoms with Gasteiger partial charge in [0.05, 0.1) is 12.7 Å². The van der Waals surface area contributed by atoms with Gasteiger partial charge in [0.25, 0.3) is 0 Å². The second-order valence-electron chi connectivity index (χ2n) is 4.19. The molecule has 13 heavy (non-hydrogen) atoms. The van der Waals surface area contributed by atoms with Crippen molar-refractivity contribution in [1.82, 2.24) is 5.32 Å². The molecule has 1 aliphatic rings. The van der Waals surface area contributed by atoms with Crippen molar-refractivity contribution in [1.29, 1.82) is 0 Å². The van der Waals surface area contributed by atoms with Crippen LogP contribution in [0.5, 0.6) is 0 Å². The summed E-state index contributed by atoms with van der Waals surface area (Å²) in [6.45, 7) is 8.74. The van der Waals surface area contributed by atoms with E-state index >= 15 is 0 Å². The molecule has 3 unspecified atom stereocenters. The van der Waals surface area contributed by atoms with E-state index in [1.807, 2.05) is 0 Å². The molecule has 3 atom stereocenters. The van der Waals surface area contributed by atoms with Crippen molar-refractivity contribution in [3.8, 4) is 0 Å². The Morgan fingerprint density at radius 1 is 1.38 bits per heavy atom. The summed E-state index contributed by atoms with van der Waals surface area (Å²) >= 11 is 0. The quantitative estimate of drug-likeness (QED) is 0.727. The lowest BCUT2D eigenvalue weighted by Gasteiger charge is -2.23. The van der Waals surface area contributed by atoms with Gasteiger partial charge in [-0.05, 0) is 18.8 Å². The third kappa shape index (κ3) is 3.28. The van der Waals surface area contributed by atoms with Crippen LogP contribution < -0.4 is 5.32 Å². The Morgan fingerprint density at radius 3 is 2.77 bits per heavy atom. The van der Waals surface area contributed by atoms with Crippen LogP contribution in [0.25, 0.3) is 0 Å². The Morgan fingerprint density at radius 2 is 2.15 bits per heavy atom. The van der Waals surface area contributed by atoms with Crippen LogP contribution in [0.4, 0.5) is 0 Å². The van der Waals surface area contributed by atoms with E-state index in [0.29, 0.717) is 18.1 Å². The molecular weight excluding hydrogens is 162 g/mol. The van der Waals surface area contributed by atoms with Gasteiger partial charge in [-0.1, -0.05) is 27.2 Å². The van der Waals surface area contributed by atoms with Crippen molar-refractivity contribution in [2.45, 2.75) is 52.2 Å². The van der Waals surface area contributed by atoms with E-state index < -0.39 is 0 Å². The zero-order valence-corrected chi connectivity index (χ0v) is 9.18. The molecule has 0 radical (unpaired) electrons. The summed E-state index contributed by atoms with van der Waals surface area (Å²) < 4.78 is 5.90. The summed E-state index contributed by atoms with van der Waals surface area (Å²) in [6.07, 6.45) is 4.03. The van der Waals surface area contributed by atoms with Crippen LogP contribution in [-0.4, -0.2) is 25.3 Å². The van der Waals surface area contributed by atoms with Crippen LogP contribution in [0.15, 0.2) is 0 Å². The van der Waals surface area contributed by atoms with Gasteiger partial charge in [0.15, 0.2) is 0 Å². The number of hydrogen-bond donors (Lipinski definition) is 1. The molecule has 1 saturated heterocycles. The maximum Gasteiger partial charge on any atom is 0.0727 e. The molecule has 0 aliphatic carbocycles. The summed E-state index contributed by atoms with van der Waals surface area (Å²) in [6, 6.07) is 0.574. The minimum absolute atomic E-state index is 0.444. The second-order valence-corrected chi connectivity index (χ2v) is 4.19. The van der Waals surface area contributed by atoms with Crippen LogP contribution in [0.1, 0.15) is 40.0 Å². The highest BCUT2D eigenvalue weighted by molar-refractivity contribution is 4.79. The fraction of sp³-hybridized carbons (Fsp3) is 1.00. The van der Waals surface area contributed by atoms with Gasteiger partial charge >= 0.3 is 0 Å². The number of hydrogen-bond acceptors (Lipinski definition) is 2. The summed E-state index contributed by atoms with van der Waals surface area (Å²) in [7, 11) is 0. The van der Waals surface area contributed by atoms with E-state index in [1.54, 1.807) is 0 Å². The van der Waals surface area contributed by atoms with Crippen LogP contribution >= 0.6 is 0 Å². The molecule has 0 aromatic carbocycles. The zero-order valence-electron chi connectivity index (χ0n) is 9.18. The monoisotopic (exact) mass is 185 g/mol. The number of ether oxygens (including phenoxy) is 1. The highest BCUT2D eigenvalue weighted by Gasteiger charge is 2.23. The Labute approximate surface area is 82.0 Å². The van der Waals surface area contributed by atoms with E-state index in [9.17, 15) is 0 Å². The third-order valence-electron chi connectivity index (χ3n) is 2.79. The minimum atomic E-state index is 0.444. The fourth-order valence-electron chi connectivity index (χ4n) is 1.92. The van der Waals surface area contributed by atoms with Crippen LogP contribution in [0, 0.1) is 5.92 Å². The lowest BCUT2D eigenvalue weighted by Crippen LogP contribution is -2.39. The lowest BCUT2D eigenvalue weighted by atomic mass is 10.0. The van der Waals surface area contributed by atoms with Crippen LogP contribution in [0.2, 0.25) is 0 Å². The van der Waals surface area contributed by atoms with Crippen molar-refractivity contribution in [3.63, 3.8) is 0 Å². The summed E-state index contributed by atoms with van der Waals surface area (Å²) in [5.74, 6) is 0.663. The van der Waals surface area contributed by atoms with Gasteiger partial charge in [0, 0.05) is 12.6 Å². The predicted molar refractivity (Wildman–Crippen MR) is 55.9 cm³/mol. The average molecular weight is 185 g/mol. The predicted octanol–water partition coefficient (Wildman–Crippen LogP) is 2.19. The average Bonchev–Trinajstić information content (AvgIpc) is 2.30. The van der Waals surface area contributed by atoms with E-state index in [1.165, 1.54) is 19.3 Å². The van der Waals surface area contributed by atoms with E-state index in [4.69, 9.17) is 4.74 Å². The smallest absolute Gasteiger partial charge is 0.0727 e. The Hall–Kier alpha value is -0.0800. The molecule has 0 saturated carbocycles. The van der Waals surface area contributed by atoms with Gasteiger partial charge in [0.2, 0.25) is 0 Å². The molecular formula is C11H23NO. The molecule has 0 aromatic rings. The van der Waals surface area contributed by atoms with Gasteiger partial charge < -0.3 is 10.1 Å². The summed E-state index contributed by atoms with van der Waals surface area (Å²) in [5, 5.41) is 3.59. The van der Waals surface area contributed by atoms with Crippen molar-refractivity contribution < 1.29 is 4.74 Å². The molecule has 78 valence electrons. The van der Waals surface area contributed by atoms with Gasteiger partial charge in [-0.2, -0.15) is 0 Å². The topological polar surface area (TPSA) is 21.3 Å². The minimum Gasteiger partial charge on any atom is -0.376 e. The van der Waals surface area contributed by atoms with Crippen LogP contribution in [-0.2, 0) is 4.74 Å². The lowest BCUT2D eigenvalue weighted by molar-refractivity contribution is 0.0247. The molecule has 1 fully saturated rings. The molecule has 1 N–H and O–H groups in total. The van der Waals surface area contributed by atoms with Gasteiger partial charge in [-0.3, -0.25) is 0 Å². The fourth-order valence-corrected chi connectivity index (χ4v) is 1.92. The highest BCUT2D eigenvalue weighted by Crippen LogP contribution is 2.15. The zero-order chi connectivity index (χ0) is 9.68. The summed E-state index contributed by atoms with van der Waals surface area (Å²) in [4.78, 5) is 0. The van der Waals surface area contributed by atoms with Gasteiger partial charge in [-0.25, -0.2) is 0 Å². The standard InChI is InChI=1S/C11H23NO/c1-4-6-11-10(5-2)12-7-9(3)8-13-11/h9-12H,4-8H2,1-3H3. The number of rotatable bonds is 3. The molecule has 0 amide bonds. The van der Waals surface area contributed by atoms with Gasteiger partial charge in [-0.15, -0.1) is 0 Å². The molecule has 1 heterocycles. The molecule has 1 aliphatic heterocycles. The van der Waals surface area contributed by atoms with E-state index in [2.05, 4.69) is 26.1 Å². The van der Waals surface area contributed by atoms with Gasteiger partial charge in [0.1, 0.15) is 0 Å². The van der Waals surface area contributed by atoms with E-state index in [-0.39, 0.29) is 0 Å². The first-order chi connectivity index (χ1) is 6.27. The summed E-state index contributed by atoms with van der Waals surface area (Å²) in [5.41, 5.74) is 0. The van der Waals surface area contributed by atoms with Crippen molar-refractivity contribution in [2.75, 3.05) is 13.2 Å². The normalized spacial score (nSPS) is 35.8. The maximum absolute atomic E-state index is 5.90. The van der Waals surface area contributed by atoms with Crippen molar-refractivity contribution >= 4 is 0 Å². The Bertz CT molecular complexity index is 138. The molecule has 0 spiro atoms. The van der Waals surface area contributed by atoms with Crippen LogP contribution in [0.3, 0.4) is 0 Å². The second kappa shape index (κ2) is 5.61. The first-order valence-corrected chi connectivity index (χ1v) is 5.62. The molecule has 1 rings (SSSR count). The van der Waals surface area contributed by atoms with Crippen molar-refractivity contribution in [3.05, 3.63) is 0 Å². The largest absolute Gasteiger partial charge is 0.376 e. The highest BCUT2D eigenvalue weighted by atomic mass is 16.5. The Kier molecular flexibility index (Phi) is 4.74. The molecule has 2 nitrogen and oxygen atoms in total. The molecule has 0 aromatic heterocycles. The Balaban J connectivity index is 2.46. The molecule has 2 heteroatoms. The van der Waals surface area contributed by atoms with Crippen molar-refractivity contribution in [2.24, 2.45) is 5.92 Å². The first-order valence-electron chi connectivity index (χ1n) is 5.62. The maximum atomic E-state index is 5.90. The number of nitrogens with one attached hydrogen (secondary N) is 1. The molecule has 0 bridgehead atoms. The first kappa shape index (κ1) is 11.0. The third-order valence-corrected chi connectivity index (χ3v) is 2.79. The van der Waals surface area contributed by atoms with E-state index in [0.717, 1.165) is 13.2 Å². The SMILES string of the molecule is CCCC1OCC(C)CNC1CC.